The summed E-state index contributed by atoms with van der Waals surface area (Å²) in [5.41, 5.74) is 1.71. The first kappa shape index (κ1) is 13.4. The molecule has 19 heavy (non-hydrogen) atoms. The molecule has 0 aromatic heterocycles. The number of hydrogen-bond donors (Lipinski definition) is 2. The Morgan fingerprint density at radius 3 is 2.37 bits per heavy atom. The second-order valence-corrected chi connectivity index (χ2v) is 4.46. The quantitative estimate of drug-likeness (QED) is 0.866. The number of aliphatic hydroxyl groups is 1. The van der Waals surface area contributed by atoms with E-state index in [9.17, 15) is 10.2 Å². The lowest BCUT2D eigenvalue weighted by molar-refractivity contribution is 0.167. The van der Waals surface area contributed by atoms with Gasteiger partial charge in [-0.3, -0.25) is 0 Å². The third-order valence-electron chi connectivity index (χ3n) is 3.18. The van der Waals surface area contributed by atoms with Crippen molar-refractivity contribution >= 4 is 0 Å². The van der Waals surface area contributed by atoms with Crippen molar-refractivity contribution in [3.63, 3.8) is 0 Å². The van der Waals surface area contributed by atoms with Crippen molar-refractivity contribution in [1.29, 1.82) is 0 Å². The molecule has 0 amide bonds. The van der Waals surface area contributed by atoms with E-state index < -0.39 is 6.10 Å². The first-order valence-electron chi connectivity index (χ1n) is 6.29. The fourth-order valence-electron chi connectivity index (χ4n) is 2.01. The molecule has 0 aliphatic carbocycles. The molecule has 3 heteroatoms. The van der Waals surface area contributed by atoms with E-state index in [-0.39, 0.29) is 5.75 Å². The molecule has 0 bridgehead atoms. The molecule has 2 aromatic rings. The van der Waals surface area contributed by atoms with Crippen LogP contribution in [0.15, 0.2) is 48.5 Å². The Hall–Kier alpha value is -2.00. The number of aliphatic hydroxyl groups excluding tert-OH is 1. The van der Waals surface area contributed by atoms with Gasteiger partial charge in [0.1, 0.15) is 11.5 Å². The van der Waals surface area contributed by atoms with Crippen LogP contribution in [0.3, 0.4) is 0 Å². The number of para-hydroxylation sites is 1. The summed E-state index contributed by atoms with van der Waals surface area (Å²) in [7, 11) is 1.61. The van der Waals surface area contributed by atoms with E-state index >= 15 is 0 Å². The molecule has 0 saturated carbocycles. The van der Waals surface area contributed by atoms with Gasteiger partial charge in [0, 0.05) is 0 Å². The molecule has 2 rings (SSSR count). The van der Waals surface area contributed by atoms with E-state index in [1.165, 1.54) is 0 Å². The minimum Gasteiger partial charge on any atom is -0.508 e. The Morgan fingerprint density at radius 1 is 1.05 bits per heavy atom. The minimum absolute atomic E-state index is 0.282. The smallest absolute Gasteiger partial charge is 0.118 e. The maximum Gasteiger partial charge on any atom is 0.118 e. The fourth-order valence-corrected chi connectivity index (χ4v) is 2.01. The molecule has 2 N–H and O–H groups in total. The molecule has 0 spiro atoms. The zero-order valence-electron chi connectivity index (χ0n) is 10.9. The summed E-state index contributed by atoms with van der Waals surface area (Å²) in [6.45, 7) is 0. The molecular formula is C16H18O3. The molecule has 0 radical (unpaired) electrons. The number of rotatable bonds is 5. The lowest BCUT2D eigenvalue weighted by Crippen LogP contribution is -2.00. The molecule has 0 aliphatic heterocycles. The summed E-state index contributed by atoms with van der Waals surface area (Å²) in [5.74, 6) is 1.06. The summed E-state index contributed by atoms with van der Waals surface area (Å²) in [6, 6.07) is 14.6. The monoisotopic (exact) mass is 258 g/mol. The molecule has 1 atom stereocenters. The van der Waals surface area contributed by atoms with Crippen molar-refractivity contribution in [2.45, 2.75) is 18.9 Å². The van der Waals surface area contributed by atoms with Crippen molar-refractivity contribution in [3.8, 4) is 11.5 Å². The average molecular weight is 258 g/mol. The maximum atomic E-state index is 10.1. The molecule has 0 saturated heterocycles. The van der Waals surface area contributed by atoms with Gasteiger partial charge in [0.25, 0.3) is 0 Å². The molecule has 100 valence electrons. The SMILES string of the molecule is COc1ccc(C(O)CCc2ccccc2O)cc1. The summed E-state index contributed by atoms with van der Waals surface area (Å²) < 4.78 is 5.08. The standard InChI is InChI=1S/C16H18O3/c1-19-14-9-6-13(7-10-14)16(18)11-8-12-4-2-3-5-15(12)17/h2-7,9-10,16-18H,8,11H2,1H3. The Balaban J connectivity index is 1.97. The highest BCUT2D eigenvalue weighted by atomic mass is 16.5. The highest BCUT2D eigenvalue weighted by Gasteiger charge is 2.09. The van der Waals surface area contributed by atoms with E-state index in [1.54, 1.807) is 19.2 Å². The first-order chi connectivity index (χ1) is 9.20. The van der Waals surface area contributed by atoms with Crippen molar-refractivity contribution in [3.05, 3.63) is 59.7 Å². The normalized spacial score (nSPS) is 12.1. The van der Waals surface area contributed by atoms with Gasteiger partial charge in [-0.15, -0.1) is 0 Å². The van der Waals surface area contributed by atoms with Crippen LogP contribution in [-0.2, 0) is 6.42 Å². The van der Waals surface area contributed by atoms with E-state index in [0.29, 0.717) is 12.8 Å². The van der Waals surface area contributed by atoms with Crippen LogP contribution in [0.25, 0.3) is 0 Å². The molecule has 0 heterocycles. The molecule has 0 fully saturated rings. The zero-order chi connectivity index (χ0) is 13.7. The van der Waals surface area contributed by atoms with Crippen molar-refractivity contribution < 1.29 is 14.9 Å². The average Bonchev–Trinajstić information content (AvgIpc) is 2.46. The van der Waals surface area contributed by atoms with Crippen molar-refractivity contribution in [2.75, 3.05) is 7.11 Å². The minimum atomic E-state index is -0.537. The number of phenols is 1. The fraction of sp³-hybridized carbons (Fsp3) is 0.250. The Kier molecular flexibility index (Phi) is 4.42. The van der Waals surface area contributed by atoms with Crippen molar-refractivity contribution in [1.82, 2.24) is 0 Å². The van der Waals surface area contributed by atoms with Gasteiger partial charge in [0.05, 0.1) is 13.2 Å². The van der Waals surface area contributed by atoms with Crippen LogP contribution in [0, 0.1) is 0 Å². The van der Waals surface area contributed by atoms with Crippen molar-refractivity contribution in [2.24, 2.45) is 0 Å². The topological polar surface area (TPSA) is 49.7 Å². The summed E-state index contributed by atoms with van der Waals surface area (Å²) in [5, 5.41) is 19.8. The van der Waals surface area contributed by atoms with Crippen LogP contribution in [0.2, 0.25) is 0 Å². The molecular weight excluding hydrogens is 240 g/mol. The lowest BCUT2D eigenvalue weighted by Gasteiger charge is -2.12. The second-order valence-electron chi connectivity index (χ2n) is 4.46. The largest absolute Gasteiger partial charge is 0.508 e. The van der Waals surface area contributed by atoms with Gasteiger partial charge in [-0.2, -0.15) is 0 Å². The number of benzene rings is 2. The van der Waals surface area contributed by atoms with Gasteiger partial charge >= 0.3 is 0 Å². The number of hydrogen-bond acceptors (Lipinski definition) is 3. The number of ether oxygens (including phenoxy) is 1. The van der Waals surface area contributed by atoms with Crippen LogP contribution in [0.1, 0.15) is 23.7 Å². The van der Waals surface area contributed by atoms with Crippen LogP contribution < -0.4 is 4.74 Å². The van der Waals surface area contributed by atoms with E-state index in [0.717, 1.165) is 16.9 Å². The van der Waals surface area contributed by atoms with Crippen LogP contribution in [-0.4, -0.2) is 17.3 Å². The number of aromatic hydroxyl groups is 1. The Labute approximate surface area is 113 Å². The van der Waals surface area contributed by atoms with Crippen LogP contribution in [0.5, 0.6) is 11.5 Å². The zero-order valence-corrected chi connectivity index (χ0v) is 10.9. The van der Waals surface area contributed by atoms with Gasteiger partial charge in [-0.1, -0.05) is 30.3 Å². The van der Waals surface area contributed by atoms with E-state index in [2.05, 4.69) is 0 Å². The summed E-state index contributed by atoms with van der Waals surface area (Å²) >= 11 is 0. The molecule has 3 nitrogen and oxygen atoms in total. The second kappa shape index (κ2) is 6.25. The van der Waals surface area contributed by atoms with E-state index in [4.69, 9.17) is 4.74 Å². The predicted octanol–water partition coefficient (Wildman–Crippen LogP) is 3.07. The molecule has 1 unspecified atom stereocenters. The van der Waals surface area contributed by atoms with Crippen LogP contribution in [0.4, 0.5) is 0 Å². The predicted molar refractivity (Wildman–Crippen MR) is 74.4 cm³/mol. The first-order valence-corrected chi connectivity index (χ1v) is 6.29. The van der Waals surface area contributed by atoms with Gasteiger partial charge in [-0.25, -0.2) is 0 Å². The van der Waals surface area contributed by atoms with Crippen LogP contribution >= 0.6 is 0 Å². The summed E-state index contributed by atoms with van der Waals surface area (Å²) in [6.07, 6.45) is 0.676. The Bertz CT molecular complexity index is 520. The molecule has 2 aromatic carbocycles. The third kappa shape index (κ3) is 3.48. The van der Waals surface area contributed by atoms with E-state index in [1.807, 2.05) is 36.4 Å². The van der Waals surface area contributed by atoms with Gasteiger partial charge in [-0.05, 0) is 42.2 Å². The number of phenolic OH excluding ortho intramolecular Hbond substituents is 1. The van der Waals surface area contributed by atoms with Gasteiger partial charge in [0.15, 0.2) is 0 Å². The molecule has 0 aliphatic rings. The lowest BCUT2D eigenvalue weighted by atomic mass is 10.0. The van der Waals surface area contributed by atoms with Gasteiger partial charge in [0.2, 0.25) is 0 Å². The maximum absolute atomic E-state index is 10.1. The Morgan fingerprint density at radius 2 is 1.74 bits per heavy atom. The highest BCUT2D eigenvalue weighted by molar-refractivity contribution is 5.32. The summed E-state index contributed by atoms with van der Waals surface area (Å²) in [4.78, 5) is 0. The van der Waals surface area contributed by atoms with Gasteiger partial charge < -0.3 is 14.9 Å². The number of aryl methyl sites for hydroxylation is 1. The third-order valence-corrected chi connectivity index (χ3v) is 3.18. The number of methoxy groups -OCH3 is 1. The highest BCUT2D eigenvalue weighted by Crippen LogP contribution is 2.24.